The van der Waals surface area contributed by atoms with Crippen molar-refractivity contribution in [1.82, 2.24) is 0 Å². The van der Waals surface area contributed by atoms with Crippen LogP contribution in [0.3, 0.4) is 0 Å². The van der Waals surface area contributed by atoms with Gasteiger partial charge in [0.2, 0.25) is 0 Å². The summed E-state index contributed by atoms with van der Waals surface area (Å²) in [5, 5.41) is 6.67. The Kier molecular flexibility index (Phi) is 9.13. The zero-order valence-electron chi connectivity index (χ0n) is 29.0. The Bertz CT molecular complexity index is 2320. The molecule has 1 aliphatic carbocycles. The second-order valence-corrected chi connectivity index (χ2v) is 14.8. The molecule has 0 N–H and O–H groups in total. The Morgan fingerprint density at radius 3 is 1.13 bits per heavy atom. The third-order valence-electron chi connectivity index (χ3n) is 9.77. The number of para-hydroxylation sites is 2. The van der Waals surface area contributed by atoms with Gasteiger partial charge in [0.1, 0.15) is 0 Å². The van der Waals surface area contributed by atoms with E-state index in [2.05, 4.69) is 215 Å². The quantitative estimate of drug-likeness (QED) is 0.139. The van der Waals surface area contributed by atoms with Crippen LogP contribution in [0.15, 0.2) is 205 Å². The van der Waals surface area contributed by atoms with Crippen molar-refractivity contribution < 1.29 is 0 Å². The second kappa shape index (κ2) is 14.8. The van der Waals surface area contributed by atoms with Crippen LogP contribution < -0.4 is 9.80 Å². The van der Waals surface area contributed by atoms with E-state index in [1.165, 1.54) is 65.9 Å². The Hall–Kier alpha value is -6.20. The van der Waals surface area contributed by atoms with E-state index in [4.69, 9.17) is 0 Å². The van der Waals surface area contributed by atoms with Crippen molar-refractivity contribution in [3.63, 3.8) is 0 Å². The van der Waals surface area contributed by atoms with Crippen LogP contribution in [-0.4, -0.2) is 0 Å². The molecule has 0 bridgehead atoms. The molecule has 0 spiro atoms. The highest BCUT2D eigenvalue weighted by molar-refractivity contribution is 7.14. The molecule has 0 amide bonds. The molecule has 0 unspecified atom stereocenters. The topological polar surface area (TPSA) is 6.48 Å². The maximum Gasteiger partial charge on any atom is 0.0999 e. The number of thiophene rings is 2. The maximum atomic E-state index is 2.38. The molecule has 8 aromatic rings. The van der Waals surface area contributed by atoms with E-state index in [1.807, 2.05) is 0 Å². The number of allylic oxidation sites excluding steroid dienone is 4. The summed E-state index contributed by atoms with van der Waals surface area (Å²) in [6.07, 6.45) is 5.47. The van der Waals surface area contributed by atoms with E-state index >= 15 is 0 Å². The van der Waals surface area contributed by atoms with Crippen LogP contribution in [-0.2, 0) is 0 Å². The minimum absolute atomic E-state index is 0.898. The zero-order valence-corrected chi connectivity index (χ0v) is 30.7. The second-order valence-electron chi connectivity index (χ2n) is 13.0. The van der Waals surface area contributed by atoms with Gasteiger partial charge in [-0.2, -0.15) is 0 Å². The van der Waals surface area contributed by atoms with Gasteiger partial charge in [-0.25, -0.2) is 0 Å². The Morgan fingerprint density at radius 2 is 0.736 bits per heavy atom. The largest absolute Gasteiger partial charge is 0.301 e. The molecule has 1 aliphatic rings. The van der Waals surface area contributed by atoms with Crippen molar-refractivity contribution in [3.05, 3.63) is 216 Å². The summed E-state index contributed by atoms with van der Waals surface area (Å²) in [6.45, 7) is 0. The average Bonchev–Trinajstić information content (AvgIpc) is 4.05. The number of rotatable bonds is 10. The number of nitrogens with zero attached hydrogens (tertiary/aromatic N) is 2. The monoisotopic (exact) mass is 716 g/mol. The van der Waals surface area contributed by atoms with Gasteiger partial charge in [0.15, 0.2) is 0 Å². The fraction of sp³-hybridized carbons (Fsp3) is 0.0204. The minimum atomic E-state index is 0.898. The van der Waals surface area contributed by atoms with E-state index in [0.29, 0.717) is 0 Å². The van der Waals surface area contributed by atoms with Gasteiger partial charge in [-0.1, -0.05) is 133 Å². The maximum absolute atomic E-state index is 2.38. The molecule has 0 fully saturated rings. The Balaban J connectivity index is 0.961. The lowest BCUT2D eigenvalue weighted by Crippen LogP contribution is -2.09. The third-order valence-corrected chi connectivity index (χ3v) is 11.5. The van der Waals surface area contributed by atoms with E-state index < -0.39 is 0 Å². The number of hydrogen-bond donors (Lipinski definition) is 0. The van der Waals surface area contributed by atoms with Gasteiger partial charge in [0.25, 0.3) is 0 Å². The molecule has 9 rings (SSSR count). The molecule has 254 valence electrons. The van der Waals surface area contributed by atoms with Gasteiger partial charge in [0, 0.05) is 22.5 Å². The lowest BCUT2D eigenvalue weighted by atomic mass is 9.98. The summed E-state index contributed by atoms with van der Waals surface area (Å²) >= 11 is 3.51. The van der Waals surface area contributed by atoms with Gasteiger partial charge in [-0.05, 0) is 111 Å². The van der Waals surface area contributed by atoms with Crippen molar-refractivity contribution in [3.8, 4) is 22.3 Å². The van der Waals surface area contributed by atoms with Crippen LogP contribution in [0.2, 0.25) is 0 Å². The summed E-state index contributed by atoms with van der Waals surface area (Å²) in [5.74, 6) is 0. The first kappa shape index (κ1) is 32.7. The van der Waals surface area contributed by atoms with E-state index in [0.717, 1.165) is 17.8 Å². The highest BCUT2D eigenvalue weighted by atomic mass is 32.1. The van der Waals surface area contributed by atoms with Crippen LogP contribution in [0.1, 0.15) is 17.5 Å². The smallest absolute Gasteiger partial charge is 0.0999 e. The molecule has 2 nitrogen and oxygen atoms in total. The molecule has 0 atom stereocenters. The van der Waals surface area contributed by atoms with E-state index in [-0.39, 0.29) is 0 Å². The molecule has 0 radical (unpaired) electrons. The van der Waals surface area contributed by atoms with Gasteiger partial charge < -0.3 is 9.80 Å². The number of hydrogen-bond acceptors (Lipinski definition) is 4. The summed E-state index contributed by atoms with van der Waals surface area (Å²) < 4.78 is 0. The summed E-state index contributed by atoms with van der Waals surface area (Å²) in [5.41, 5.74) is 14.6. The molecule has 2 heterocycles. The van der Waals surface area contributed by atoms with Gasteiger partial charge in [-0.3, -0.25) is 0 Å². The SMILES string of the molecule is C1=C(c2ccc(N(c3cccs3)c3ccccc3-c3ccccc3)cc2)CC(c2ccc(N(c3cccs3)c3ccccc3-c3ccccc3)cc2)=C1. The molecular weight excluding hydrogens is 681 g/mol. The lowest BCUT2D eigenvalue weighted by Gasteiger charge is -2.26. The molecule has 4 heteroatoms. The molecule has 0 aliphatic heterocycles. The Morgan fingerprint density at radius 1 is 0.340 bits per heavy atom. The summed E-state index contributed by atoms with van der Waals surface area (Å²) in [6, 6.07) is 65.5. The van der Waals surface area contributed by atoms with Crippen molar-refractivity contribution in [2.24, 2.45) is 0 Å². The van der Waals surface area contributed by atoms with Gasteiger partial charge in [-0.15, -0.1) is 22.7 Å². The minimum Gasteiger partial charge on any atom is -0.301 e. The van der Waals surface area contributed by atoms with Gasteiger partial charge in [0.05, 0.1) is 21.4 Å². The molecule has 0 saturated heterocycles. The lowest BCUT2D eigenvalue weighted by molar-refractivity contribution is 1.30. The fourth-order valence-corrected chi connectivity index (χ4v) is 8.72. The van der Waals surface area contributed by atoms with Gasteiger partial charge >= 0.3 is 0 Å². The van der Waals surface area contributed by atoms with Crippen LogP contribution in [0, 0.1) is 0 Å². The van der Waals surface area contributed by atoms with Crippen LogP contribution in [0.25, 0.3) is 33.4 Å². The van der Waals surface area contributed by atoms with Crippen molar-refractivity contribution in [1.29, 1.82) is 0 Å². The first-order valence-corrected chi connectivity index (χ1v) is 19.6. The highest BCUT2D eigenvalue weighted by Gasteiger charge is 2.20. The van der Waals surface area contributed by atoms with Crippen molar-refractivity contribution in [2.45, 2.75) is 6.42 Å². The van der Waals surface area contributed by atoms with Crippen LogP contribution in [0.4, 0.5) is 32.8 Å². The Labute approximate surface area is 319 Å². The zero-order chi connectivity index (χ0) is 35.4. The van der Waals surface area contributed by atoms with Crippen molar-refractivity contribution in [2.75, 3.05) is 9.80 Å². The summed E-state index contributed by atoms with van der Waals surface area (Å²) in [7, 11) is 0. The van der Waals surface area contributed by atoms with E-state index in [1.54, 1.807) is 22.7 Å². The third kappa shape index (κ3) is 6.67. The number of anilines is 6. The van der Waals surface area contributed by atoms with Crippen LogP contribution >= 0.6 is 22.7 Å². The molecule has 53 heavy (non-hydrogen) atoms. The first-order valence-electron chi connectivity index (χ1n) is 17.9. The predicted octanol–water partition coefficient (Wildman–Crippen LogP) is 15.0. The number of benzene rings is 6. The van der Waals surface area contributed by atoms with E-state index in [9.17, 15) is 0 Å². The standard InChI is InChI=1S/C49H36N2S2/c1-3-13-38(14-4-1)44-17-7-9-19-46(44)50(48-21-11-33-52-48)42-29-25-36(26-30-42)40-23-24-41(35-40)37-27-31-43(32-28-37)51(49-22-12-34-53-49)47-20-10-8-18-45(47)39-15-5-2-6-16-39/h1-34H,35H2. The fourth-order valence-electron chi connectivity index (χ4n) is 7.20. The molecule has 6 aromatic carbocycles. The predicted molar refractivity (Wildman–Crippen MR) is 229 cm³/mol. The summed E-state index contributed by atoms with van der Waals surface area (Å²) in [4.78, 5) is 4.76. The average molecular weight is 717 g/mol. The highest BCUT2D eigenvalue weighted by Crippen LogP contribution is 2.45. The van der Waals surface area contributed by atoms with Crippen LogP contribution in [0.5, 0.6) is 0 Å². The molecule has 0 saturated carbocycles. The normalized spacial score (nSPS) is 12.3. The first-order chi connectivity index (χ1) is 26.3. The van der Waals surface area contributed by atoms with Crippen molar-refractivity contribution >= 4 is 66.6 Å². The molecular formula is C49H36N2S2. The molecule has 2 aromatic heterocycles.